The first-order chi connectivity index (χ1) is 21.5. The Morgan fingerprint density at radius 1 is 0.844 bits per heavy atom. The molecule has 0 saturated heterocycles. The molecule has 0 radical (unpaired) electrons. The molecule has 4 rings (SSSR count). The highest BCUT2D eigenvalue weighted by molar-refractivity contribution is 8.00. The first-order valence-corrected chi connectivity index (χ1v) is 14.8. The van der Waals surface area contributed by atoms with Crippen LogP contribution in [0.25, 0.3) is 6.08 Å². The Morgan fingerprint density at radius 2 is 1.51 bits per heavy atom. The maximum absolute atomic E-state index is 13.4. The van der Waals surface area contributed by atoms with Crippen LogP contribution in [-0.4, -0.2) is 29.6 Å². The van der Waals surface area contributed by atoms with Crippen LogP contribution in [0.3, 0.4) is 0 Å². The Bertz CT molecular complexity index is 1680. The summed E-state index contributed by atoms with van der Waals surface area (Å²) in [6.07, 6.45) is -2.98. The average Bonchev–Trinajstić information content (AvgIpc) is 3.02. The molecule has 45 heavy (non-hydrogen) atoms. The number of hydrogen-bond donors (Lipinski definition) is 3. The normalized spacial score (nSPS) is 12.2. The lowest BCUT2D eigenvalue weighted by Gasteiger charge is -2.15. The third-order valence-electron chi connectivity index (χ3n) is 6.26. The van der Waals surface area contributed by atoms with Crippen molar-refractivity contribution in [1.82, 2.24) is 5.32 Å². The monoisotopic (exact) mass is 633 g/mol. The number of hydrogen-bond acceptors (Lipinski definition) is 5. The van der Waals surface area contributed by atoms with Crippen molar-refractivity contribution in [2.24, 2.45) is 0 Å². The van der Waals surface area contributed by atoms with E-state index in [1.54, 1.807) is 91.9 Å². The standard InChI is InChI=1S/C34H30F3N3O4S/c1-3-44-28-17-15-23(16-18-28)19-30(40-32(42)24-9-5-4-6-10-24)33(43)39-27-13-8-14-29(21-27)45-22(2)31(41)38-26-12-7-11-25(20-26)34(35,36)37/h4-22H,3H2,1-2H3,(H,38,41)(H,39,43)(H,40,42)/b30-19+. The van der Waals surface area contributed by atoms with Gasteiger partial charge >= 0.3 is 6.18 Å². The Labute approximate surface area is 262 Å². The summed E-state index contributed by atoms with van der Waals surface area (Å²) in [5.41, 5.74) is 0.607. The predicted molar refractivity (Wildman–Crippen MR) is 170 cm³/mol. The summed E-state index contributed by atoms with van der Waals surface area (Å²) in [6.45, 7) is 4.00. The molecule has 1 atom stereocenters. The highest BCUT2D eigenvalue weighted by Crippen LogP contribution is 2.31. The lowest BCUT2D eigenvalue weighted by atomic mass is 10.1. The summed E-state index contributed by atoms with van der Waals surface area (Å²) < 4.78 is 44.6. The molecule has 0 aliphatic rings. The van der Waals surface area contributed by atoms with Gasteiger partial charge in [-0.2, -0.15) is 13.2 Å². The van der Waals surface area contributed by atoms with Gasteiger partial charge in [0.25, 0.3) is 11.8 Å². The number of halogens is 3. The number of ether oxygens (including phenoxy) is 1. The number of rotatable bonds is 11. The molecule has 11 heteroatoms. The summed E-state index contributed by atoms with van der Waals surface area (Å²) >= 11 is 1.16. The molecular weight excluding hydrogens is 603 g/mol. The van der Waals surface area contributed by atoms with Crippen LogP contribution in [0.1, 0.15) is 35.3 Å². The van der Waals surface area contributed by atoms with Crippen molar-refractivity contribution >= 4 is 46.9 Å². The van der Waals surface area contributed by atoms with Gasteiger partial charge in [0.05, 0.1) is 17.4 Å². The van der Waals surface area contributed by atoms with Crippen LogP contribution in [0.2, 0.25) is 0 Å². The molecule has 0 spiro atoms. The Kier molecular flexibility index (Phi) is 11.0. The van der Waals surface area contributed by atoms with Gasteiger partial charge in [-0.05, 0) is 86.2 Å². The lowest BCUT2D eigenvalue weighted by Crippen LogP contribution is -2.30. The fourth-order valence-electron chi connectivity index (χ4n) is 4.06. The van der Waals surface area contributed by atoms with Gasteiger partial charge in [0.2, 0.25) is 5.91 Å². The molecule has 0 fully saturated rings. The maximum Gasteiger partial charge on any atom is 0.416 e. The maximum atomic E-state index is 13.4. The predicted octanol–water partition coefficient (Wildman–Crippen LogP) is 7.63. The van der Waals surface area contributed by atoms with E-state index in [4.69, 9.17) is 4.74 Å². The SMILES string of the molecule is CCOc1ccc(/C=C(/NC(=O)c2ccccc2)C(=O)Nc2cccc(SC(C)C(=O)Nc3cccc(C(F)(F)F)c3)c2)cc1. The number of nitrogens with one attached hydrogen (secondary N) is 3. The van der Waals surface area contributed by atoms with Crippen molar-refractivity contribution < 1.29 is 32.3 Å². The van der Waals surface area contributed by atoms with Crippen LogP contribution < -0.4 is 20.7 Å². The van der Waals surface area contributed by atoms with Crippen LogP contribution >= 0.6 is 11.8 Å². The zero-order chi connectivity index (χ0) is 32.4. The van der Waals surface area contributed by atoms with Crippen LogP contribution in [0, 0.1) is 0 Å². The van der Waals surface area contributed by atoms with Gasteiger partial charge in [-0.15, -0.1) is 11.8 Å². The second-order valence-electron chi connectivity index (χ2n) is 9.69. The fourth-order valence-corrected chi connectivity index (χ4v) is 4.98. The lowest BCUT2D eigenvalue weighted by molar-refractivity contribution is -0.137. The molecule has 0 bridgehead atoms. The molecule has 3 N–H and O–H groups in total. The minimum Gasteiger partial charge on any atom is -0.494 e. The van der Waals surface area contributed by atoms with Crippen molar-refractivity contribution in [3.8, 4) is 5.75 Å². The van der Waals surface area contributed by atoms with E-state index in [9.17, 15) is 27.6 Å². The molecule has 3 amide bonds. The minimum atomic E-state index is -4.53. The molecule has 232 valence electrons. The van der Waals surface area contributed by atoms with Crippen molar-refractivity contribution in [2.45, 2.75) is 30.2 Å². The average molecular weight is 634 g/mol. The van der Waals surface area contributed by atoms with Crippen molar-refractivity contribution in [3.05, 3.63) is 126 Å². The van der Waals surface area contributed by atoms with Crippen molar-refractivity contribution in [2.75, 3.05) is 17.2 Å². The van der Waals surface area contributed by atoms with Crippen LogP contribution in [0.4, 0.5) is 24.5 Å². The van der Waals surface area contributed by atoms with E-state index in [0.717, 1.165) is 23.9 Å². The van der Waals surface area contributed by atoms with E-state index >= 15 is 0 Å². The molecule has 4 aromatic rings. The number of carbonyl (C=O) groups is 3. The topological polar surface area (TPSA) is 96.5 Å². The summed E-state index contributed by atoms with van der Waals surface area (Å²) in [5.74, 6) is -0.863. The van der Waals surface area contributed by atoms with E-state index in [1.807, 2.05) is 6.92 Å². The molecule has 0 aliphatic carbocycles. The van der Waals surface area contributed by atoms with Gasteiger partial charge in [-0.25, -0.2) is 0 Å². The molecule has 0 aromatic heterocycles. The number of amides is 3. The van der Waals surface area contributed by atoms with E-state index in [0.29, 0.717) is 34.1 Å². The number of anilines is 2. The Hall–Kier alpha value is -5.03. The van der Waals surface area contributed by atoms with E-state index in [2.05, 4.69) is 16.0 Å². The van der Waals surface area contributed by atoms with Crippen LogP contribution in [0.5, 0.6) is 5.75 Å². The van der Waals surface area contributed by atoms with E-state index in [-0.39, 0.29) is 11.4 Å². The summed E-state index contributed by atoms with van der Waals surface area (Å²) in [4.78, 5) is 39.7. The quantitative estimate of drug-likeness (QED) is 0.117. The van der Waals surface area contributed by atoms with Crippen molar-refractivity contribution in [3.63, 3.8) is 0 Å². The highest BCUT2D eigenvalue weighted by Gasteiger charge is 2.30. The molecule has 1 unspecified atom stereocenters. The summed E-state index contributed by atoms with van der Waals surface area (Å²) in [5, 5.41) is 7.32. The summed E-state index contributed by atoms with van der Waals surface area (Å²) in [7, 11) is 0. The highest BCUT2D eigenvalue weighted by atomic mass is 32.2. The molecule has 0 saturated carbocycles. The van der Waals surface area contributed by atoms with Gasteiger partial charge in [0.15, 0.2) is 0 Å². The van der Waals surface area contributed by atoms with Gasteiger partial charge in [0, 0.05) is 21.8 Å². The molecule has 4 aromatic carbocycles. The van der Waals surface area contributed by atoms with Gasteiger partial charge in [-0.1, -0.05) is 42.5 Å². The number of carbonyl (C=O) groups excluding carboxylic acids is 3. The summed E-state index contributed by atoms with van der Waals surface area (Å²) in [6, 6.07) is 26.7. The third-order valence-corrected chi connectivity index (χ3v) is 7.36. The number of thioether (sulfide) groups is 1. The van der Waals surface area contributed by atoms with Crippen LogP contribution in [0.15, 0.2) is 114 Å². The zero-order valence-electron chi connectivity index (χ0n) is 24.4. The molecule has 0 heterocycles. The Balaban J connectivity index is 1.47. The van der Waals surface area contributed by atoms with Crippen molar-refractivity contribution in [1.29, 1.82) is 0 Å². The van der Waals surface area contributed by atoms with E-state index in [1.165, 1.54) is 12.1 Å². The Morgan fingerprint density at radius 3 is 2.18 bits per heavy atom. The zero-order valence-corrected chi connectivity index (χ0v) is 25.2. The van der Waals surface area contributed by atoms with Crippen LogP contribution in [-0.2, 0) is 15.8 Å². The number of alkyl halides is 3. The molecule has 0 aliphatic heterocycles. The van der Waals surface area contributed by atoms with Gasteiger partial charge in [0.1, 0.15) is 11.4 Å². The molecular formula is C34H30F3N3O4S. The fraction of sp³-hybridized carbons (Fsp3) is 0.147. The third kappa shape index (κ3) is 9.73. The minimum absolute atomic E-state index is 0.0000906. The second-order valence-corrected chi connectivity index (χ2v) is 11.1. The second kappa shape index (κ2) is 15.1. The van der Waals surface area contributed by atoms with Gasteiger partial charge in [-0.3, -0.25) is 14.4 Å². The first-order valence-electron chi connectivity index (χ1n) is 13.9. The largest absolute Gasteiger partial charge is 0.494 e. The smallest absolute Gasteiger partial charge is 0.416 e. The molecule has 7 nitrogen and oxygen atoms in total. The van der Waals surface area contributed by atoms with E-state index < -0.39 is 34.7 Å². The number of benzene rings is 4. The first kappa shape index (κ1) is 32.9. The van der Waals surface area contributed by atoms with Gasteiger partial charge < -0.3 is 20.7 Å².